The van der Waals surface area contributed by atoms with E-state index in [1.54, 1.807) is 0 Å². The molecule has 0 fully saturated rings. The number of aliphatic hydroxyl groups is 1. The molecule has 7 nitrogen and oxygen atoms in total. The third-order valence-electron chi connectivity index (χ3n) is 1.71. The van der Waals surface area contributed by atoms with Gasteiger partial charge in [0.1, 0.15) is 5.71 Å². The Morgan fingerprint density at radius 2 is 2.46 bits per heavy atom. The molecular weight excluding hydrogens is 176 g/mol. The van der Waals surface area contributed by atoms with Crippen LogP contribution in [0.3, 0.4) is 0 Å². The van der Waals surface area contributed by atoms with E-state index >= 15 is 0 Å². The van der Waals surface area contributed by atoms with E-state index in [-0.39, 0.29) is 18.7 Å². The molecule has 1 atom stereocenters. The van der Waals surface area contributed by atoms with E-state index in [1.807, 2.05) is 5.43 Å². The van der Waals surface area contributed by atoms with Gasteiger partial charge in [0.25, 0.3) is 5.91 Å². The second-order valence-electron chi connectivity index (χ2n) is 2.51. The van der Waals surface area contributed by atoms with E-state index in [0.717, 1.165) is 0 Å². The topological polar surface area (TPSA) is 117 Å². The molecule has 0 aromatic carbocycles. The molecule has 5 N–H and O–H groups in total. The largest absolute Gasteiger partial charge is 0.396 e. The molecule has 0 spiro atoms. The van der Waals surface area contributed by atoms with Crippen molar-refractivity contribution in [3.05, 3.63) is 0 Å². The van der Waals surface area contributed by atoms with Gasteiger partial charge in [-0.2, -0.15) is 5.10 Å². The molecule has 0 saturated carbocycles. The van der Waals surface area contributed by atoms with Crippen LogP contribution in [0.4, 0.5) is 0 Å². The summed E-state index contributed by atoms with van der Waals surface area (Å²) in [5.74, 6) is 3.16. The third-order valence-corrected chi connectivity index (χ3v) is 1.71. The zero-order valence-corrected chi connectivity index (χ0v) is 6.78. The van der Waals surface area contributed by atoms with Crippen LogP contribution in [0.15, 0.2) is 5.10 Å². The molecule has 0 aliphatic carbocycles. The highest BCUT2D eigenvalue weighted by molar-refractivity contribution is 6.44. The predicted molar refractivity (Wildman–Crippen MR) is 43.1 cm³/mol. The first-order valence-electron chi connectivity index (χ1n) is 3.70. The van der Waals surface area contributed by atoms with E-state index in [1.165, 1.54) is 0 Å². The minimum absolute atomic E-state index is 0.0153. The molecule has 1 aliphatic heterocycles. The van der Waals surface area contributed by atoms with E-state index < -0.39 is 17.7 Å². The van der Waals surface area contributed by atoms with Crippen LogP contribution in [-0.2, 0) is 9.59 Å². The van der Waals surface area contributed by atoms with Crippen LogP contribution in [0.25, 0.3) is 0 Å². The van der Waals surface area contributed by atoms with Crippen molar-refractivity contribution in [3.8, 4) is 0 Å². The van der Waals surface area contributed by atoms with Crippen LogP contribution in [0.2, 0.25) is 0 Å². The summed E-state index contributed by atoms with van der Waals surface area (Å²) >= 11 is 0. The fourth-order valence-electron chi connectivity index (χ4n) is 1.08. The lowest BCUT2D eigenvalue weighted by molar-refractivity contribution is -0.123. The smallest absolute Gasteiger partial charge is 0.282 e. The van der Waals surface area contributed by atoms with Gasteiger partial charge in [-0.05, 0) is 6.42 Å². The number of nitrogens with two attached hydrogens (primary N) is 1. The molecule has 0 aromatic heterocycles. The van der Waals surface area contributed by atoms with Crippen molar-refractivity contribution in [1.82, 2.24) is 10.9 Å². The first kappa shape index (κ1) is 9.62. The van der Waals surface area contributed by atoms with Crippen molar-refractivity contribution in [2.24, 2.45) is 16.9 Å². The zero-order chi connectivity index (χ0) is 9.84. The Morgan fingerprint density at radius 3 is 3.00 bits per heavy atom. The summed E-state index contributed by atoms with van der Waals surface area (Å²) in [5, 5.41) is 12.1. The number of hydrazine groups is 1. The fourth-order valence-corrected chi connectivity index (χ4v) is 1.08. The van der Waals surface area contributed by atoms with E-state index in [4.69, 9.17) is 10.9 Å². The minimum atomic E-state index is -0.700. The van der Waals surface area contributed by atoms with Gasteiger partial charge in [0.2, 0.25) is 5.91 Å². The van der Waals surface area contributed by atoms with E-state index in [9.17, 15) is 9.59 Å². The number of rotatable bonds is 3. The van der Waals surface area contributed by atoms with Crippen LogP contribution in [0, 0.1) is 5.92 Å². The van der Waals surface area contributed by atoms with E-state index in [2.05, 4.69) is 10.5 Å². The maximum Gasteiger partial charge on any atom is 0.282 e. The first-order valence-corrected chi connectivity index (χ1v) is 3.70. The van der Waals surface area contributed by atoms with Crippen LogP contribution >= 0.6 is 0 Å². The molecule has 72 valence electrons. The normalized spacial score (nSPS) is 20.9. The lowest BCUT2D eigenvalue weighted by Crippen LogP contribution is -2.40. The summed E-state index contributed by atoms with van der Waals surface area (Å²) in [5.41, 5.74) is 4.03. The quantitative estimate of drug-likeness (QED) is 0.221. The third kappa shape index (κ3) is 1.82. The Labute approximate surface area is 74.0 Å². The van der Waals surface area contributed by atoms with Crippen LogP contribution in [0.5, 0.6) is 0 Å². The highest BCUT2D eigenvalue weighted by atomic mass is 16.3. The molecule has 13 heavy (non-hydrogen) atoms. The van der Waals surface area contributed by atoms with Crippen molar-refractivity contribution >= 4 is 17.5 Å². The number of hydrazone groups is 1. The van der Waals surface area contributed by atoms with Crippen LogP contribution in [-0.4, -0.2) is 29.2 Å². The summed E-state index contributed by atoms with van der Waals surface area (Å²) in [6.07, 6.45) is 0.165. The Kier molecular flexibility index (Phi) is 2.93. The second-order valence-corrected chi connectivity index (χ2v) is 2.51. The van der Waals surface area contributed by atoms with Crippen molar-refractivity contribution in [2.45, 2.75) is 6.42 Å². The maximum atomic E-state index is 11.0. The lowest BCUT2D eigenvalue weighted by Gasteiger charge is -2.06. The molecule has 1 rings (SSSR count). The number of nitrogens with zero attached hydrogens (tertiary/aromatic N) is 1. The van der Waals surface area contributed by atoms with Gasteiger partial charge in [-0.25, -0.2) is 11.3 Å². The molecule has 1 heterocycles. The number of nitrogens with one attached hydrogen (secondary N) is 2. The Hall–Kier alpha value is -1.47. The van der Waals surface area contributed by atoms with Crippen molar-refractivity contribution < 1.29 is 14.7 Å². The highest BCUT2D eigenvalue weighted by Gasteiger charge is 2.33. The number of hydrogen-bond donors (Lipinski definition) is 4. The van der Waals surface area contributed by atoms with Gasteiger partial charge < -0.3 is 5.11 Å². The Balaban J connectivity index is 2.73. The summed E-state index contributed by atoms with van der Waals surface area (Å²) in [7, 11) is 0. The molecule has 1 unspecified atom stereocenters. The van der Waals surface area contributed by atoms with Gasteiger partial charge >= 0.3 is 0 Å². The summed E-state index contributed by atoms with van der Waals surface area (Å²) < 4.78 is 0. The summed E-state index contributed by atoms with van der Waals surface area (Å²) in [6, 6.07) is 0. The number of aliphatic hydroxyl groups excluding tert-OH is 1. The number of carbonyl (C=O) groups excluding carboxylic acids is 2. The van der Waals surface area contributed by atoms with Gasteiger partial charge in [0.05, 0.1) is 5.92 Å². The van der Waals surface area contributed by atoms with Crippen molar-refractivity contribution in [3.63, 3.8) is 0 Å². The Bertz CT molecular complexity index is 263. The summed E-state index contributed by atoms with van der Waals surface area (Å²) in [6.45, 7) is -0.186. The molecule has 0 radical (unpaired) electrons. The van der Waals surface area contributed by atoms with E-state index in [0.29, 0.717) is 0 Å². The second kappa shape index (κ2) is 3.97. The Morgan fingerprint density at radius 1 is 1.77 bits per heavy atom. The minimum Gasteiger partial charge on any atom is -0.396 e. The monoisotopic (exact) mass is 186 g/mol. The molecule has 0 bridgehead atoms. The van der Waals surface area contributed by atoms with Gasteiger partial charge in [0, 0.05) is 6.61 Å². The number of amides is 2. The maximum absolute atomic E-state index is 11.0. The molecule has 7 heteroatoms. The highest BCUT2D eigenvalue weighted by Crippen LogP contribution is 2.10. The molecule has 0 saturated heterocycles. The van der Waals surface area contributed by atoms with Gasteiger partial charge in [-0.1, -0.05) is 0 Å². The number of hydrogen-bond acceptors (Lipinski definition) is 5. The number of carbonyl (C=O) groups is 2. The average molecular weight is 186 g/mol. The predicted octanol–water partition coefficient (Wildman–Crippen LogP) is -2.54. The van der Waals surface area contributed by atoms with Crippen molar-refractivity contribution in [2.75, 3.05) is 6.61 Å². The first-order chi connectivity index (χ1) is 6.20. The zero-order valence-electron chi connectivity index (χ0n) is 6.78. The average Bonchev–Trinajstić information content (AvgIpc) is 2.48. The fraction of sp³-hybridized carbons (Fsp3) is 0.500. The standard InChI is InChI=1S/C6H10N4O3/c7-8-6(13)4-3(1-2-11)5(12)10-9-4/h3,11H,1-2,7H2,(H,8,13)(H,10,12). The SMILES string of the molecule is NNC(=O)C1=NNC(=O)C1CCO. The van der Waals surface area contributed by atoms with Crippen molar-refractivity contribution in [1.29, 1.82) is 0 Å². The molecule has 2 amide bonds. The molecule has 0 aromatic rings. The summed E-state index contributed by atoms with van der Waals surface area (Å²) in [4.78, 5) is 22.0. The molecular formula is C6H10N4O3. The lowest BCUT2D eigenvalue weighted by atomic mass is 10.00. The molecule has 1 aliphatic rings. The van der Waals surface area contributed by atoms with Crippen LogP contribution < -0.4 is 16.7 Å². The van der Waals surface area contributed by atoms with Crippen LogP contribution in [0.1, 0.15) is 6.42 Å². The van der Waals surface area contributed by atoms with Gasteiger partial charge in [-0.3, -0.25) is 15.0 Å². The van der Waals surface area contributed by atoms with Gasteiger partial charge in [0.15, 0.2) is 0 Å². The van der Waals surface area contributed by atoms with Gasteiger partial charge in [-0.15, -0.1) is 0 Å².